The third-order valence-corrected chi connectivity index (χ3v) is 3.01. The van der Waals surface area contributed by atoms with Crippen molar-refractivity contribution in [3.05, 3.63) is 23.1 Å². The summed E-state index contributed by atoms with van der Waals surface area (Å²) in [4.78, 5) is 9.03. The molecule has 0 amide bonds. The van der Waals surface area contributed by atoms with Gasteiger partial charge in [-0.3, -0.25) is 0 Å². The number of halogens is 1. The zero-order valence-corrected chi connectivity index (χ0v) is 11.6. The quantitative estimate of drug-likeness (QED) is 0.905. The molecule has 18 heavy (non-hydrogen) atoms. The highest BCUT2D eigenvalue weighted by Crippen LogP contribution is 2.20. The summed E-state index contributed by atoms with van der Waals surface area (Å²) >= 11 is 5.96. The molecule has 0 aliphatic carbocycles. The molecule has 0 aliphatic heterocycles. The summed E-state index contributed by atoms with van der Waals surface area (Å²) in [6.07, 6.45) is 3.54. The van der Waals surface area contributed by atoms with Crippen LogP contribution in [0.25, 0.3) is 11.2 Å². The van der Waals surface area contributed by atoms with Crippen molar-refractivity contribution < 1.29 is 0 Å². The zero-order chi connectivity index (χ0) is 13.1. The predicted molar refractivity (Wildman–Crippen MR) is 74.8 cm³/mol. The molecule has 2 aromatic rings. The van der Waals surface area contributed by atoms with Crippen LogP contribution in [0.3, 0.4) is 0 Å². The maximum atomic E-state index is 5.96. The molecule has 0 atom stereocenters. The number of fused-ring (bicyclic) bond motifs is 1. The van der Waals surface area contributed by atoms with E-state index in [9.17, 15) is 0 Å². The molecule has 0 bridgehead atoms. The van der Waals surface area contributed by atoms with Crippen molar-refractivity contribution in [1.29, 1.82) is 0 Å². The molecule has 2 heterocycles. The lowest BCUT2D eigenvalue weighted by Crippen LogP contribution is -2.11. The first-order valence-corrected chi connectivity index (χ1v) is 6.70. The number of hydrogen-bond acceptors (Lipinski definition) is 3. The third kappa shape index (κ3) is 2.82. The van der Waals surface area contributed by atoms with Crippen LogP contribution < -0.4 is 5.73 Å². The van der Waals surface area contributed by atoms with Crippen LogP contribution in [0.5, 0.6) is 0 Å². The first-order valence-electron chi connectivity index (χ1n) is 6.32. The molecule has 0 radical (unpaired) electrons. The Morgan fingerprint density at radius 1 is 1.44 bits per heavy atom. The summed E-state index contributed by atoms with van der Waals surface area (Å²) in [7, 11) is 0. The van der Waals surface area contributed by atoms with Gasteiger partial charge in [-0.15, -0.1) is 0 Å². The van der Waals surface area contributed by atoms with Crippen molar-refractivity contribution >= 4 is 22.8 Å². The van der Waals surface area contributed by atoms with Crippen LogP contribution in [0, 0.1) is 5.92 Å². The number of nitrogens with zero attached hydrogens (tertiary/aromatic N) is 3. The minimum absolute atomic E-state index is 0.564. The Labute approximate surface area is 112 Å². The van der Waals surface area contributed by atoms with Gasteiger partial charge in [0.25, 0.3) is 0 Å². The molecular weight excluding hydrogens is 248 g/mol. The first-order chi connectivity index (χ1) is 8.61. The summed E-state index contributed by atoms with van der Waals surface area (Å²) in [6.45, 7) is 5.91. The minimum Gasteiger partial charge on any atom is -0.330 e. The monoisotopic (exact) mass is 266 g/mol. The van der Waals surface area contributed by atoms with E-state index < -0.39 is 0 Å². The predicted octanol–water partition coefficient (Wildman–Crippen LogP) is 2.63. The molecule has 0 aromatic carbocycles. The van der Waals surface area contributed by atoms with Gasteiger partial charge in [0.05, 0.1) is 5.02 Å². The lowest BCUT2D eigenvalue weighted by Gasteiger charge is -2.09. The number of imidazole rings is 1. The van der Waals surface area contributed by atoms with Crippen LogP contribution in [0.1, 0.15) is 26.1 Å². The molecule has 0 saturated heterocycles. The summed E-state index contributed by atoms with van der Waals surface area (Å²) in [5.41, 5.74) is 7.37. The van der Waals surface area contributed by atoms with Gasteiger partial charge in [0.2, 0.25) is 0 Å². The number of rotatable bonds is 5. The van der Waals surface area contributed by atoms with E-state index >= 15 is 0 Å². The fourth-order valence-corrected chi connectivity index (χ4v) is 2.19. The first kappa shape index (κ1) is 13.3. The van der Waals surface area contributed by atoms with Gasteiger partial charge < -0.3 is 10.3 Å². The van der Waals surface area contributed by atoms with E-state index in [2.05, 4.69) is 28.4 Å². The largest absolute Gasteiger partial charge is 0.330 e. The number of nitrogens with two attached hydrogens (primary N) is 1. The number of aryl methyl sites for hydroxylation is 1. The van der Waals surface area contributed by atoms with Crippen LogP contribution in [-0.2, 0) is 13.0 Å². The second-order valence-electron chi connectivity index (χ2n) is 4.92. The fraction of sp³-hybridized carbons (Fsp3) is 0.538. The molecule has 5 heteroatoms. The highest BCUT2D eigenvalue weighted by Gasteiger charge is 2.13. The zero-order valence-electron chi connectivity index (χ0n) is 10.9. The van der Waals surface area contributed by atoms with Gasteiger partial charge in [0.15, 0.2) is 5.65 Å². The van der Waals surface area contributed by atoms with Gasteiger partial charge >= 0.3 is 0 Å². The SMILES string of the molecule is CC(C)Cc1nc2cc(Cl)cnc2n1CCCN. The molecule has 98 valence electrons. The van der Waals surface area contributed by atoms with Gasteiger partial charge in [-0.2, -0.15) is 0 Å². The lowest BCUT2D eigenvalue weighted by molar-refractivity contribution is 0.566. The van der Waals surface area contributed by atoms with E-state index in [4.69, 9.17) is 17.3 Å². The van der Waals surface area contributed by atoms with Crippen molar-refractivity contribution in [3.63, 3.8) is 0 Å². The molecule has 0 fully saturated rings. The summed E-state index contributed by atoms with van der Waals surface area (Å²) < 4.78 is 2.17. The molecule has 0 saturated carbocycles. The summed E-state index contributed by atoms with van der Waals surface area (Å²) in [5, 5.41) is 0.627. The molecule has 0 aliphatic rings. The Balaban J connectivity index is 2.45. The summed E-state index contributed by atoms with van der Waals surface area (Å²) in [5.74, 6) is 1.64. The van der Waals surface area contributed by atoms with E-state index in [1.54, 1.807) is 6.20 Å². The van der Waals surface area contributed by atoms with Crippen molar-refractivity contribution in [1.82, 2.24) is 14.5 Å². The second kappa shape index (κ2) is 5.67. The molecule has 0 unspecified atom stereocenters. The molecular formula is C13H19ClN4. The third-order valence-electron chi connectivity index (χ3n) is 2.81. The maximum absolute atomic E-state index is 5.96. The minimum atomic E-state index is 0.564. The highest BCUT2D eigenvalue weighted by molar-refractivity contribution is 6.31. The molecule has 2 aromatic heterocycles. The Hall–Kier alpha value is -1.13. The van der Waals surface area contributed by atoms with E-state index in [-0.39, 0.29) is 0 Å². The Bertz CT molecular complexity index is 533. The number of pyridine rings is 1. The van der Waals surface area contributed by atoms with Gasteiger partial charge in [0.1, 0.15) is 11.3 Å². The maximum Gasteiger partial charge on any atom is 0.160 e. The fourth-order valence-electron chi connectivity index (χ4n) is 2.04. The van der Waals surface area contributed by atoms with Gasteiger partial charge in [-0.05, 0) is 24.9 Å². The number of aromatic nitrogens is 3. The van der Waals surface area contributed by atoms with Crippen molar-refractivity contribution in [3.8, 4) is 0 Å². The second-order valence-corrected chi connectivity index (χ2v) is 5.35. The van der Waals surface area contributed by atoms with E-state index in [1.807, 2.05) is 6.07 Å². The van der Waals surface area contributed by atoms with Crippen molar-refractivity contribution in [2.24, 2.45) is 11.7 Å². The Morgan fingerprint density at radius 3 is 2.89 bits per heavy atom. The topological polar surface area (TPSA) is 56.7 Å². The van der Waals surface area contributed by atoms with Crippen molar-refractivity contribution in [2.45, 2.75) is 33.2 Å². The molecule has 2 rings (SSSR count). The lowest BCUT2D eigenvalue weighted by atomic mass is 10.1. The van der Waals surface area contributed by atoms with Crippen molar-refractivity contribution in [2.75, 3.05) is 6.54 Å². The van der Waals surface area contributed by atoms with E-state index in [0.717, 1.165) is 36.4 Å². The van der Waals surface area contributed by atoms with Crippen LogP contribution in [-0.4, -0.2) is 21.1 Å². The summed E-state index contributed by atoms with van der Waals surface area (Å²) in [6, 6.07) is 1.87. The van der Waals surface area contributed by atoms with Gasteiger partial charge in [0, 0.05) is 19.2 Å². The molecule has 4 nitrogen and oxygen atoms in total. The van der Waals surface area contributed by atoms with Gasteiger partial charge in [-0.1, -0.05) is 25.4 Å². The standard InChI is InChI=1S/C13H19ClN4/c1-9(2)6-12-17-11-7-10(14)8-16-13(11)18(12)5-3-4-15/h7-9H,3-6,15H2,1-2H3. The van der Waals surface area contributed by atoms with E-state index in [1.165, 1.54) is 0 Å². The smallest absolute Gasteiger partial charge is 0.160 e. The average Bonchev–Trinajstić information content (AvgIpc) is 2.62. The van der Waals surface area contributed by atoms with Crippen LogP contribution in [0.4, 0.5) is 0 Å². The van der Waals surface area contributed by atoms with Crippen LogP contribution in [0.15, 0.2) is 12.3 Å². The van der Waals surface area contributed by atoms with Gasteiger partial charge in [-0.25, -0.2) is 9.97 Å². The average molecular weight is 267 g/mol. The normalized spacial score (nSPS) is 11.6. The Kier molecular flexibility index (Phi) is 4.19. The highest BCUT2D eigenvalue weighted by atomic mass is 35.5. The molecule has 0 spiro atoms. The van der Waals surface area contributed by atoms with Crippen LogP contribution in [0.2, 0.25) is 5.02 Å². The Morgan fingerprint density at radius 2 is 2.22 bits per heavy atom. The molecule has 2 N–H and O–H groups in total. The number of hydrogen-bond donors (Lipinski definition) is 1. The van der Waals surface area contributed by atoms with E-state index in [0.29, 0.717) is 17.5 Å². The van der Waals surface area contributed by atoms with Crippen LogP contribution >= 0.6 is 11.6 Å².